The summed E-state index contributed by atoms with van der Waals surface area (Å²) in [5.41, 5.74) is -1.79. The van der Waals surface area contributed by atoms with Crippen LogP contribution in [0.15, 0.2) is 35.5 Å². The third-order valence-electron chi connectivity index (χ3n) is 6.37. The number of aromatic nitrogens is 3. The fourth-order valence-corrected chi connectivity index (χ4v) is 7.74. The number of H-pyrrole nitrogens is 1. The number of nitrogens with one attached hydrogen (secondary N) is 4. The third kappa shape index (κ3) is 8.01. The van der Waals surface area contributed by atoms with Gasteiger partial charge in [0.05, 0.1) is 20.9 Å². The van der Waals surface area contributed by atoms with E-state index in [2.05, 4.69) is 30.3 Å². The molecule has 0 bridgehead atoms. The van der Waals surface area contributed by atoms with Gasteiger partial charge in [0, 0.05) is 41.1 Å². The summed E-state index contributed by atoms with van der Waals surface area (Å²) in [5, 5.41) is 6.03. The van der Waals surface area contributed by atoms with Gasteiger partial charge < -0.3 is 20.4 Å². The van der Waals surface area contributed by atoms with Gasteiger partial charge in [-0.15, -0.1) is 11.3 Å². The first-order chi connectivity index (χ1) is 19.5. The zero-order valence-corrected chi connectivity index (χ0v) is 25.6. The lowest BCUT2D eigenvalue weighted by molar-refractivity contribution is -0.140. The normalized spacial score (nSPS) is 18.2. The fraction of sp³-hybridized carbons (Fsp3) is 0.519. The maximum Gasteiger partial charge on any atom is 0.434 e. The predicted molar refractivity (Wildman–Crippen MR) is 154 cm³/mol. The summed E-state index contributed by atoms with van der Waals surface area (Å²) >= 11 is 0.855. The van der Waals surface area contributed by atoms with Gasteiger partial charge in [-0.25, -0.2) is 27.9 Å². The van der Waals surface area contributed by atoms with E-state index in [1.54, 1.807) is 40.8 Å². The maximum absolute atomic E-state index is 14.3. The Morgan fingerprint density at radius 3 is 2.40 bits per heavy atom. The molecule has 0 unspecified atom stereocenters. The zero-order valence-electron chi connectivity index (χ0n) is 23.9. The van der Waals surface area contributed by atoms with E-state index in [-0.39, 0.29) is 38.4 Å². The van der Waals surface area contributed by atoms with Crippen molar-refractivity contribution in [2.75, 3.05) is 5.32 Å². The Bertz CT molecular complexity index is 1490. The van der Waals surface area contributed by atoms with Crippen LogP contribution >= 0.6 is 11.3 Å². The molecule has 4 rings (SSSR count). The standard InChI is InChI=1S/C27H35F3N6O4S2/c1-15(2)40-25(37)34-17-8-6-16(7-9-17)23-35-22(27(28,29)30)21(41-23)19-11-10-18(33-24-31-12-13-32-24)14-20(19)42(38,39)36-26(3,4)5/h10-17,36H,6-9H2,1-5H3,(H,34,37)(H2,31,32,33). The molecule has 0 radical (unpaired) electrons. The fourth-order valence-electron chi connectivity index (χ4n) is 4.72. The van der Waals surface area contributed by atoms with Crippen LogP contribution in [0.3, 0.4) is 0 Å². The number of rotatable bonds is 8. The van der Waals surface area contributed by atoms with Crippen LogP contribution in [-0.2, 0) is 20.9 Å². The van der Waals surface area contributed by atoms with Crippen molar-refractivity contribution in [3.63, 3.8) is 0 Å². The summed E-state index contributed by atoms with van der Waals surface area (Å²) in [6.45, 7) is 8.43. The number of halogens is 3. The minimum Gasteiger partial charge on any atom is -0.447 e. The highest BCUT2D eigenvalue weighted by atomic mass is 32.2. The van der Waals surface area contributed by atoms with E-state index < -0.39 is 33.5 Å². The van der Waals surface area contributed by atoms with Crippen molar-refractivity contribution in [1.82, 2.24) is 25.0 Å². The smallest absolute Gasteiger partial charge is 0.434 e. The SMILES string of the molecule is CC(C)OC(=O)NC1CCC(c2nc(C(F)(F)F)c(-c3ccc(Nc4ncc[nH]4)cc3S(=O)(=O)NC(C)(C)C)s2)CC1. The van der Waals surface area contributed by atoms with Crippen molar-refractivity contribution in [1.29, 1.82) is 0 Å². The number of sulfonamides is 1. The van der Waals surface area contributed by atoms with Crippen molar-refractivity contribution >= 4 is 39.1 Å². The Kier molecular flexibility index (Phi) is 9.23. The minimum absolute atomic E-state index is 0.0976. The maximum atomic E-state index is 14.3. The van der Waals surface area contributed by atoms with Crippen molar-refractivity contribution in [2.45, 2.75) is 95.0 Å². The molecular formula is C27H35F3N6O4S2. The second kappa shape index (κ2) is 12.2. The molecule has 1 saturated carbocycles. The highest BCUT2D eigenvalue weighted by Gasteiger charge is 2.41. The summed E-state index contributed by atoms with van der Waals surface area (Å²) < 4.78 is 77.8. The van der Waals surface area contributed by atoms with Crippen molar-refractivity contribution < 1.29 is 31.1 Å². The third-order valence-corrected chi connectivity index (χ3v) is 9.42. The second-order valence-corrected chi connectivity index (χ2v) is 14.2. The average molecular weight is 629 g/mol. The molecule has 15 heteroatoms. The van der Waals surface area contributed by atoms with Gasteiger partial charge in [0.2, 0.25) is 16.0 Å². The van der Waals surface area contributed by atoms with Crippen LogP contribution in [-0.4, -0.2) is 47.1 Å². The number of alkyl halides is 3. The van der Waals surface area contributed by atoms with Crippen molar-refractivity contribution in [3.8, 4) is 10.4 Å². The van der Waals surface area contributed by atoms with E-state index in [4.69, 9.17) is 4.74 Å². The van der Waals surface area contributed by atoms with Crippen LogP contribution in [0.4, 0.5) is 29.6 Å². The molecule has 1 amide bonds. The molecule has 10 nitrogen and oxygen atoms in total. The van der Waals surface area contributed by atoms with E-state index in [9.17, 15) is 26.4 Å². The monoisotopic (exact) mass is 628 g/mol. The summed E-state index contributed by atoms with van der Waals surface area (Å²) in [6.07, 6.45) is -0.389. The summed E-state index contributed by atoms with van der Waals surface area (Å²) in [5.74, 6) is 0.0742. The Labute approximate surface area is 246 Å². The van der Waals surface area contributed by atoms with Gasteiger partial charge in [-0.1, -0.05) is 6.07 Å². The Morgan fingerprint density at radius 2 is 1.83 bits per heavy atom. The van der Waals surface area contributed by atoms with Crippen molar-refractivity contribution in [3.05, 3.63) is 41.3 Å². The summed E-state index contributed by atoms with van der Waals surface area (Å²) in [7, 11) is -4.26. The number of alkyl carbamates (subject to hydrolysis) is 1. The molecule has 1 aliphatic rings. The van der Waals surface area contributed by atoms with Crippen LogP contribution in [0.25, 0.3) is 10.4 Å². The summed E-state index contributed by atoms with van der Waals surface area (Å²) in [6, 6.07) is 4.00. The number of ether oxygens (including phenoxy) is 1. The number of nitrogens with zero attached hydrogens (tertiary/aromatic N) is 2. The molecule has 1 aromatic carbocycles. The average Bonchev–Trinajstić information content (AvgIpc) is 3.53. The number of amides is 1. The van der Waals surface area contributed by atoms with Crippen LogP contribution in [0.5, 0.6) is 0 Å². The van der Waals surface area contributed by atoms with Gasteiger partial charge in [0.15, 0.2) is 5.69 Å². The van der Waals surface area contributed by atoms with Gasteiger partial charge >= 0.3 is 12.3 Å². The van der Waals surface area contributed by atoms with Gasteiger partial charge in [-0.2, -0.15) is 13.2 Å². The van der Waals surface area contributed by atoms with Gasteiger partial charge in [0.25, 0.3) is 0 Å². The number of hydrogen-bond acceptors (Lipinski definition) is 8. The molecule has 2 aromatic heterocycles. The molecule has 0 aliphatic heterocycles. The molecule has 2 heterocycles. The number of carbonyl (C=O) groups excluding carboxylic acids is 1. The zero-order chi connectivity index (χ0) is 30.9. The lowest BCUT2D eigenvalue weighted by atomic mass is 9.86. The number of thiazole rings is 1. The molecule has 0 atom stereocenters. The first kappa shape index (κ1) is 31.8. The number of aromatic amines is 1. The predicted octanol–water partition coefficient (Wildman–Crippen LogP) is 6.53. The summed E-state index contributed by atoms with van der Waals surface area (Å²) in [4.78, 5) is 22.3. The second-order valence-electron chi connectivity index (χ2n) is 11.5. The quantitative estimate of drug-likeness (QED) is 0.222. The van der Waals surface area contributed by atoms with Crippen LogP contribution in [0.1, 0.15) is 76.9 Å². The number of imidazole rings is 1. The number of anilines is 2. The molecule has 4 N–H and O–H groups in total. The number of carbonyl (C=O) groups is 1. The molecule has 0 spiro atoms. The molecule has 230 valence electrons. The lowest BCUT2D eigenvalue weighted by Gasteiger charge is -2.28. The van der Waals surface area contributed by atoms with Gasteiger partial charge in [-0.05, 0) is 72.4 Å². The lowest BCUT2D eigenvalue weighted by Crippen LogP contribution is -2.40. The number of benzene rings is 1. The van der Waals surface area contributed by atoms with E-state index in [1.165, 1.54) is 24.4 Å². The molecule has 0 saturated heterocycles. The number of hydrogen-bond donors (Lipinski definition) is 4. The topological polar surface area (TPSA) is 138 Å². The first-order valence-electron chi connectivity index (χ1n) is 13.5. The largest absolute Gasteiger partial charge is 0.447 e. The van der Waals surface area contributed by atoms with Gasteiger partial charge in [0.1, 0.15) is 0 Å². The molecule has 3 aromatic rings. The van der Waals surface area contributed by atoms with Crippen LogP contribution in [0, 0.1) is 0 Å². The van der Waals surface area contributed by atoms with E-state index in [1.807, 2.05) is 0 Å². The highest BCUT2D eigenvalue weighted by molar-refractivity contribution is 7.89. The molecule has 42 heavy (non-hydrogen) atoms. The van der Waals surface area contributed by atoms with Crippen molar-refractivity contribution in [2.24, 2.45) is 0 Å². The first-order valence-corrected chi connectivity index (χ1v) is 15.8. The minimum atomic E-state index is -4.81. The molecule has 1 aliphatic carbocycles. The Hall–Kier alpha value is -3.17. The van der Waals surface area contributed by atoms with E-state index >= 15 is 0 Å². The van der Waals surface area contributed by atoms with Crippen LogP contribution < -0.4 is 15.4 Å². The molecule has 1 fully saturated rings. The Morgan fingerprint density at radius 1 is 1.14 bits per heavy atom. The highest BCUT2D eigenvalue weighted by Crippen LogP contribution is 2.46. The van der Waals surface area contributed by atoms with E-state index in [0.29, 0.717) is 37.3 Å². The van der Waals surface area contributed by atoms with E-state index in [0.717, 1.165) is 11.3 Å². The Balaban J connectivity index is 1.70. The van der Waals surface area contributed by atoms with Gasteiger partial charge in [-0.3, -0.25) is 0 Å². The molecular weight excluding hydrogens is 593 g/mol. The van der Waals surface area contributed by atoms with Crippen LogP contribution in [0.2, 0.25) is 0 Å².